The molecule has 1 unspecified atom stereocenters. The Labute approximate surface area is 454 Å². The van der Waals surface area contributed by atoms with Gasteiger partial charge in [-0.25, -0.2) is 51.9 Å². The number of benzene rings is 4. The van der Waals surface area contributed by atoms with Crippen molar-refractivity contribution in [1.29, 1.82) is 0 Å². The van der Waals surface area contributed by atoms with E-state index >= 15 is 8.78 Å². The lowest BCUT2D eigenvalue weighted by atomic mass is 9.99. The van der Waals surface area contributed by atoms with Crippen LogP contribution in [-0.4, -0.2) is 73.4 Å². The van der Waals surface area contributed by atoms with E-state index in [2.05, 4.69) is 31.2 Å². The molecule has 1 fully saturated rings. The summed E-state index contributed by atoms with van der Waals surface area (Å²) in [5.74, 6) is -3.90. The third kappa shape index (κ3) is 10.7. The number of thiophene rings is 2. The summed E-state index contributed by atoms with van der Waals surface area (Å²) in [7, 11) is -1.68. The fourth-order valence-electron chi connectivity index (χ4n) is 9.03. The van der Waals surface area contributed by atoms with Gasteiger partial charge in [0.1, 0.15) is 34.6 Å². The number of hydrogen-bond acceptors (Lipinski definition) is 13. The molecule has 7 heterocycles. The Hall–Kier alpha value is -8.45. The number of rotatable bonds is 10. The van der Waals surface area contributed by atoms with Gasteiger partial charge in [-0.3, -0.25) is 13.8 Å². The van der Waals surface area contributed by atoms with Crippen LogP contribution in [0.3, 0.4) is 0 Å². The molecular weight excluding hydrogens is 1070 g/mol. The highest BCUT2D eigenvalue weighted by Gasteiger charge is 2.37. The number of carbonyl (C=O) groups excluding carboxylic acids is 4. The molecule has 0 radical (unpaired) electrons. The number of piperidine rings is 1. The van der Waals surface area contributed by atoms with Crippen molar-refractivity contribution in [2.24, 2.45) is 5.73 Å². The molecule has 0 saturated carbocycles. The SMILES string of the molecule is Cc1ccc(NC(=O)c2ccsc2)cc1-c1nc(N2CCC(N)CC2)nc2c1CNC(=O)N2c1c(F)cccc1F.Cc1ccc(NC(=O)c2ccsc2)cc1-c1nc(S(C)=O)nc2c1CNC(=O)N2c1c(F)cccc1F. The van der Waals surface area contributed by atoms with Gasteiger partial charge in [0.15, 0.2) is 11.6 Å². The molecule has 17 nitrogen and oxygen atoms in total. The summed E-state index contributed by atoms with van der Waals surface area (Å²) in [6.45, 7) is 4.94. The van der Waals surface area contributed by atoms with E-state index in [-0.39, 0.29) is 47.7 Å². The van der Waals surface area contributed by atoms with Gasteiger partial charge in [0.2, 0.25) is 11.1 Å². The molecule has 3 aliphatic rings. The Kier molecular flexibility index (Phi) is 15.1. The Balaban J connectivity index is 0.000000177. The second-order valence-electron chi connectivity index (χ2n) is 18.2. The normalized spacial score (nSPS) is 14.6. The molecule has 3 aliphatic heterocycles. The molecule has 1 atom stereocenters. The summed E-state index contributed by atoms with van der Waals surface area (Å²) in [5, 5.41) is 18.1. The molecule has 78 heavy (non-hydrogen) atoms. The first-order valence-corrected chi connectivity index (χ1v) is 27.6. The Morgan fingerprint density at radius 1 is 0.654 bits per heavy atom. The van der Waals surface area contributed by atoms with Crippen molar-refractivity contribution in [3.8, 4) is 22.5 Å². The zero-order valence-electron chi connectivity index (χ0n) is 41.7. The number of amides is 6. The van der Waals surface area contributed by atoms with Crippen LogP contribution in [0.2, 0.25) is 0 Å². The van der Waals surface area contributed by atoms with Crippen LogP contribution in [0, 0.1) is 37.1 Å². The third-order valence-corrected chi connectivity index (χ3v) is 15.1. The van der Waals surface area contributed by atoms with E-state index in [0.717, 1.165) is 58.0 Å². The number of halogens is 4. The van der Waals surface area contributed by atoms with Gasteiger partial charge in [0, 0.05) is 69.8 Å². The Morgan fingerprint density at radius 3 is 1.54 bits per heavy atom. The molecule has 1 saturated heterocycles. The van der Waals surface area contributed by atoms with Gasteiger partial charge in [-0.1, -0.05) is 24.3 Å². The van der Waals surface area contributed by atoms with Crippen LogP contribution in [0.4, 0.5) is 67.5 Å². The van der Waals surface area contributed by atoms with Gasteiger partial charge >= 0.3 is 12.1 Å². The quantitative estimate of drug-likeness (QED) is 0.0640. The van der Waals surface area contributed by atoms with Crippen LogP contribution >= 0.6 is 22.7 Å². The first kappa shape index (κ1) is 53.0. The largest absolute Gasteiger partial charge is 0.341 e. The van der Waals surface area contributed by atoms with E-state index in [0.29, 0.717) is 75.2 Å². The van der Waals surface area contributed by atoms with Crippen molar-refractivity contribution in [3.63, 3.8) is 0 Å². The summed E-state index contributed by atoms with van der Waals surface area (Å²) in [6, 6.07) is 19.4. The number of aromatic nitrogens is 4. The summed E-state index contributed by atoms with van der Waals surface area (Å²) < 4.78 is 72.0. The molecule has 0 spiro atoms. The molecule has 11 rings (SSSR count). The van der Waals surface area contributed by atoms with Gasteiger partial charge < -0.3 is 31.9 Å². The number of aryl methyl sites for hydroxylation is 2. The maximum Gasteiger partial charge on any atom is 0.328 e. The van der Waals surface area contributed by atoms with E-state index < -0.39 is 57.5 Å². The average Bonchev–Trinajstić information content (AvgIpc) is 4.30. The molecule has 8 aromatic rings. The van der Waals surface area contributed by atoms with E-state index in [1.165, 1.54) is 41.1 Å². The van der Waals surface area contributed by atoms with Crippen LogP contribution in [0.25, 0.3) is 22.5 Å². The standard InChI is InChI=1S/C29H27F2N7O2S.C25H19F2N5O3S2/c1-16-5-6-19(34-27(39)17-9-12-41-15-17)13-20(16)24-21-14-33-29(40)38(25-22(30)3-2-4-23(25)31)26(21)36-28(35-24)37-10-7-18(32)8-11-37;1-13-6-7-15(29-23(33)14-8-9-36-12-14)10-16(13)20-17-11-28-25(34)32(21-18(26)4-3-5-19(21)27)22(17)31-24(30-20)37(2)35/h2-6,9,12-13,15,18H,7-8,10-11,14,32H2,1H3,(H,33,40)(H,34,39);3-10,12H,11H2,1-2H3,(H,28,34)(H,29,33). The molecule has 24 heteroatoms. The van der Waals surface area contributed by atoms with E-state index in [1.54, 1.807) is 52.5 Å². The van der Waals surface area contributed by atoms with E-state index in [4.69, 9.17) is 15.7 Å². The zero-order chi connectivity index (χ0) is 54.9. The average molecular weight is 1120 g/mol. The van der Waals surface area contributed by atoms with Crippen molar-refractivity contribution >= 4 is 97.7 Å². The highest BCUT2D eigenvalue weighted by molar-refractivity contribution is 7.84. The first-order chi connectivity index (χ1) is 37.5. The minimum absolute atomic E-state index is 0.0301. The van der Waals surface area contributed by atoms with Gasteiger partial charge in [-0.15, -0.1) is 0 Å². The van der Waals surface area contributed by atoms with Gasteiger partial charge in [-0.05, 0) is 109 Å². The summed E-state index contributed by atoms with van der Waals surface area (Å²) >= 11 is 2.83. The number of carbonyl (C=O) groups is 4. The Morgan fingerprint density at radius 2 is 1.10 bits per heavy atom. The number of nitrogens with zero attached hydrogens (tertiary/aromatic N) is 7. The van der Waals surface area contributed by atoms with Crippen LogP contribution in [-0.2, 0) is 23.9 Å². The molecule has 398 valence electrons. The molecule has 6 N–H and O–H groups in total. The van der Waals surface area contributed by atoms with Gasteiger partial charge in [0.25, 0.3) is 11.8 Å². The van der Waals surface area contributed by atoms with Crippen molar-refractivity contribution < 1.29 is 40.9 Å². The lowest BCUT2D eigenvalue weighted by molar-refractivity contribution is 0.101. The van der Waals surface area contributed by atoms with E-state index in [9.17, 15) is 32.2 Å². The van der Waals surface area contributed by atoms with Crippen LogP contribution < -0.4 is 41.7 Å². The number of para-hydroxylation sites is 2. The first-order valence-electron chi connectivity index (χ1n) is 24.1. The lowest BCUT2D eigenvalue weighted by Gasteiger charge is -2.34. The number of nitrogens with two attached hydrogens (primary N) is 1. The maximum atomic E-state index is 15.0. The van der Waals surface area contributed by atoms with Gasteiger partial charge in [-0.2, -0.15) is 27.7 Å². The van der Waals surface area contributed by atoms with Crippen LogP contribution in [0.15, 0.2) is 112 Å². The second kappa shape index (κ2) is 22.3. The summed E-state index contributed by atoms with van der Waals surface area (Å²) in [6.07, 6.45) is 2.82. The molecule has 0 aliphatic carbocycles. The molecular formula is C54H46F4N12O5S3. The molecule has 0 bridgehead atoms. The maximum absolute atomic E-state index is 15.0. The Bertz CT molecular complexity index is 3650. The number of urea groups is 2. The fourth-order valence-corrected chi connectivity index (χ4v) is 10.7. The van der Waals surface area contributed by atoms with Crippen molar-refractivity contribution in [2.75, 3.05) is 44.7 Å². The molecule has 4 aromatic carbocycles. The van der Waals surface area contributed by atoms with Gasteiger partial charge in [0.05, 0.1) is 46.4 Å². The predicted octanol–water partition coefficient (Wildman–Crippen LogP) is 10.5. The van der Waals surface area contributed by atoms with Crippen LogP contribution in [0.1, 0.15) is 55.8 Å². The minimum Gasteiger partial charge on any atom is -0.341 e. The second-order valence-corrected chi connectivity index (χ2v) is 21.1. The number of fused-ring (bicyclic) bond motifs is 2. The summed E-state index contributed by atoms with van der Waals surface area (Å²) in [4.78, 5) is 73.4. The monoisotopic (exact) mass is 1110 g/mol. The number of nitrogens with one attached hydrogen (secondary N) is 4. The molecule has 6 amide bonds. The minimum atomic E-state index is -1.68. The molecule has 4 aromatic heterocycles. The smallest absolute Gasteiger partial charge is 0.328 e. The third-order valence-electron chi connectivity index (χ3n) is 13.1. The summed E-state index contributed by atoms with van der Waals surface area (Å²) in [5.41, 5.74) is 11.7. The topological polar surface area (TPSA) is 221 Å². The number of hydrogen-bond donors (Lipinski definition) is 5. The zero-order valence-corrected chi connectivity index (χ0v) is 44.1. The number of anilines is 7. The highest BCUT2D eigenvalue weighted by atomic mass is 32.2. The fraction of sp³-hybridized carbons (Fsp3) is 0.185. The predicted molar refractivity (Wildman–Crippen MR) is 292 cm³/mol. The highest BCUT2D eigenvalue weighted by Crippen LogP contribution is 2.42. The van der Waals surface area contributed by atoms with Crippen molar-refractivity contribution in [2.45, 2.75) is 51.0 Å². The lowest BCUT2D eigenvalue weighted by Crippen LogP contribution is -2.44. The van der Waals surface area contributed by atoms with Crippen LogP contribution in [0.5, 0.6) is 0 Å². The van der Waals surface area contributed by atoms with E-state index in [1.807, 2.05) is 36.3 Å². The van der Waals surface area contributed by atoms with Crippen molar-refractivity contribution in [3.05, 3.63) is 163 Å². The van der Waals surface area contributed by atoms with Crippen molar-refractivity contribution in [1.82, 2.24) is 30.6 Å².